The van der Waals surface area contributed by atoms with Gasteiger partial charge in [0.25, 0.3) is 5.91 Å². The van der Waals surface area contributed by atoms with Crippen molar-refractivity contribution in [1.82, 2.24) is 0 Å². The minimum Gasteiger partial charge on any atom is -0.503 e. The van der Waals surface area contributed by atoms with Crippen LogP contribution in [0.25, 0.3) is 0 Å². The van der Waals surface area contributed by atoms with Gasteiger partial charge < -0.3 is 9.84 Å². The average molecular weight is 341 g/mol. The van der Waals surface area contributed by atoms with E-state index in [2.05, 4.69) is 0 Å². The largest absolute Gasteiger partial charge is 0.503 e. The number of benzene rings is 2. The first-order valence-electron chi connectivity index (χ1n) is 7.79. The van der Waals surface area contributed by atoms with Crippen LogP contribution in [0.2, 0.25) is 0 Å². The van der Waals surface area contributed by atoms with Crippen molar-refractivity contribution < 1.29 is 23.8 Å². The Morgan fingerprint density at radius 3 is 2.44 bits per heavy atom. The van der Waals surface area contributed by atoms with E-state index in [9.17, 15) is 19.1 Å². The van der Waals surface area contributed by atoms with Crippen LogP contribution in [0.4, 0.5) is 10.1 Å². The van der Waals surface area contributed by atoms with Crippen LogP contribution < -0.4 is 4.90 Å². The Kier molecular flexibility index (Phi) is 4.52. The van der Waals surface area contributed by atoms with Crippen LogP contribution in [0.1, 0.15) is 18.5 Å². The van der Waals surface area contributed by atoms with Crippen LogP contribution in [-0.4, -0.2) is 23.6 Å². The second-order valence-corrected chi connectivity index (χ2v) is 5.42. The first-order chi connectivity index (χ1) is 12.1. The van der Waals surface area contributed by atoms with Crippen molar-refractivity contribution in [2.24, 2.45) is 0 Å². The van der Waals surface area contributed by atoms with Crippen LogP contribution in [0, 0.1) is 5.82 Å². The van der Waals surface area contributed by atoms with Gasteiger partial charge in [0.1, 0.15) is 17.4 Å². The van der Waals surface area contributed by atoms with Crippen molar-refractivity contribution in [3.05, 3.63) is 77.3 Å². The van der Waals surface area contributed by atoms with Gasteiger partial charge in [0, 0.05) is 11.3 Å². The average Bonchev–Trinajstić information content (AvgIpc) is 2.88. The maximum absolute atomic E-state index is 14.4. The quantitative estimate of drug-likeness (QED) is 0.867. The molecule has 1 atom stereocenters. The molecule has 1 unspecified atom stereocenters. The minimum absolute atomic E-state index is 0.0686. The van der Waals surface area contributed by atoms with Crippen molar-refractivity contribution in [1.29, 1.82) is 0 Å². The Balaban J connectivity index is 2.19. The van der Waals surface area contributed by atoms with Crippen LogP contribution in [0.3, 0.4) is 0 Å². The number of halogens is 1. The molecule has 1 aliphatic rings. The zero-order chi connectivity index (χ0) is 18.0. The number of anilines is 1. The number of rotatable bonds is 4. The smallest absolute Gasteiger partial charge is 0.340 e. The normalized spacial score (nSPS) is 17.1. The number of aliphatic hydroxyl groups is 1. The predicted octanol–water partition coefficient (Wildman–Crippen LogP) is 3.29. The minimum atomic E-state index is -1.10. The first-order valence-corrected chi connectivity index (χ1v) is 7.79. The van der Waals surface area contributed by atoms with Crippen molar-refractivity contribution in [2.75, 3.05) is 11.5 Å². The SMILES string of the molecule is CCOC(=O)C1=C(O)C(=O)N(c2ccccc2)C1c1ccccc1F. The second kappa shape index (κ2) is 6.76. The highest BCUT2D eigenvalue weighted by molar-refractivity contribution is 6.15. The summed E-state index contributed by atoms with van der Waals surface area (Å²) in [4.78, 5) is 26.1. The second-order valence-electron chi connectivity index (χ2n) is 5.42. The predicted molar refractivity (Wildman–Crippen MR) is 89.4 cm³/mol. The van der Waals surface area contributed by atoms with Crippen LogP contribution in [0.15, 0.2) is 65.9 Å². The number of carbonyl (C=O) groups is 2. The Bertz CT molecular complexity index is 848. The third-order valence-corrected chi connectivity index (χ3v) is 3.94. The molecule has 0 aromatic heterocycles. The Hall–Kier alpha value is -3.15. The molecule has 1 heterocycles. The van der Waals surface area contributed by atoms with Gasteiger partial charge in [0.15, 0.2) is 5.76 Å². The molecule has 5 nitrogen and oxygen atoms in total. The molecule has 0 bridgehead atoms. The van der Waals surface area contributed by atoms with E-state index in [4.69, 9.17) is 4.74 Å². The van der Waals surface area contributed by atoms with E-state index in [1.165, 1.54) is 23.1 Å². The fourth-order valence-electron chi connectivity index (χ4n) is 2.87. The molecule has 0 radical (unpaired) electrons. The summed E-state index contributed by atoms with van der Waals surface area (Å²) >= 11 is 0. The van der Waals surface area contributed by atoms with Crippen molar-refractivity contribution >= 4 is 17.6 Å². The first kappa shape index (κ1) is 16.7. The lowest BCUT2D eigenvalue weighted by Crippen LogP contribution is -2.31. The van der Waals surface area contributed by atoms with Crippen molar-refractivity contribution in [3.8, 4) is 0 Å². The zero-order valence-corrected chi connectivity index (χ0v) is 13.5. The summed E-state index contributed by atoms with van der Waals surface area (Å²) in [6.45, 7) is 1.68. The van der Waals surface area contributed by atoms with Gasteiger partial charge >= 0.3 is 5.97 Å². The van der Waals surface area contributed by atoms with E-state index < -0.39 is 29.5 Å². The number of hydrogen-bond donors (Lipinski definition) is 1. The molecule has 1 amide bonds. The highest BCUT2D eigenvalue weighted by atomic mass is 19.1. The van der Waals surface area contributed by atoms with Crippen LogP contribution >= 0.6 is 0 Å². The van der Waals surface area contributed by atoms with E-state index in [0.29, 0.717) is 5.69 Å². The van der Waals surface area contributed by atoms with Gasteiger partial charge in [-0.25, -0.2) is 9.18 Å². The Morgan fingerprint density at radius 2 is 1.80 bits per heavy atom. The molecule has 1 aliphatic heterocycles. The van der Waals surface area contributed by atoms with E-state index in [1.807, 2.05) is 0 Å². The Morgan fingerprint density at radius 1 is 1.16 bits per heavy atom. The van der Waals surface area contributed by atoms with Gasteiger partial charge in [0.2, 0.25) is 0 Å². The highest BCUT2D eigenvalue weighted by Gasteiger charge is 2.46. The third-order valence-electron chi connectivity index (χ3n) is 3.94. The fourth-order valence-corrected chi connectivity index (χ4v) is 2.87. The molecule has 0 aliphatic carbocycles. The van der Waals surface area contributed by atoms with Gasteiger partial charge in [-0.3, -0.25) is 9.69 Å². The Labute approximate surface area is 144 Å². The molecular weight excluding hydrogens is 325 g/mol. The lowest BCUT2D eigenvalue weighted by molar-refractivity contribution is -0.139. The van der Waals surface area contributed by atoms with Gasteiger partial charge in [0.05, 0.1) is 6.61 Å². The molecule has 25 heavy (non-hydrogen) atoms. The zero-order valence-electron chi connectivity index (χ0n) is 13.5. The maximum Gasteiger partial charge on any atom is 0.340 e. The molecule has 0 saturated carbocycles. The van der Waals surface area contributed by atoms with Gasteiger partial charge in [-0.05, 0) is 25.1 Å². The maximum atomic E-state index is 14.4. The molecule has 0 fully saturated rings. The summed E-state index contributed by atoms with van der Waals surface area (Å²) in [5.74, 6) is -2.93. The number of aliphatic hydroxyl groups excluding tert-OH is 1. The fraction of sp³-hybridized carbons (Fsp3) is 0.158. The highest BCUT2D eigenvalue weighted by Crippen LogP contribution is 2.41. The van der Waals surface area contributed by atoms with E-state index in [0.717, 1.165) is 0 Å². The molecular formula is C19H16FNO4. The number of nitrogens with zero attached hydrogens (tertiary/aromatic N) is 1. The molecule has 0 spiro atoms. The lowest BCUT2D eigenvalue weighted by Gasteiger charge is -2.26. The third kappa shape index (κ3) is 2.87. The lowest BCUT2D eigenvalue weighted by atomic mass is 9.98. The number of ether oxygens (including phenoxy) is 1. The summed E-state index contributed by atoms with van der Waals surface area (Å²) in [7, 11) is 0. The summed E-state index contributed by atoms with van der Waals surface area (Å²) in [5, 5.41) is 10.3. The summed E-state index contributed by atoms with van der Waals surface area (Å²) < 4.78 is 19.4. The summed E-state index contributed by atoms with van der Waals surface area (Å²) in [6.07, 6.45) is 0. The molecule has 6 heteroatoms. The van der Waals surface area contributed by atoms with E-state index >= 15 is 0 Å². The van der Waals surface area contributed by atoms with Gasteiger partial charge in [-0.1, -0.05) is 36.4 Å². The van der Waals surface area contributed by atoms with Crippen molar-refractivity contribution in [2.45, 2.75) is 13.0 Å². The van der Waals surface area contributed by atoms with Crippen molar-refractivity contribution in [3.63, 3.8) is 0 Å². The molecule has 128 valence electrons. The van der Waals surface area contributed by atoms with Gasteiger partial charge in [-0.2, -0.15) is 0 Å². The number of esters is 1. The van der Waals surface area contributed by atoms with Gasteiger partial charge in [-0.15, -0.1) is 0 Å². The summed E-state index contributed by atoms with van der Waals surface area (Å²) in [6, 6.07) is 13.2. The topological polar surface area (TPSA) is 66.8 Å². The van der Waals surface area contributed by atoms with Crippen LogP contribution in [-0.2, 0) is 14.3 Å². The van der Waals surface area contributed by atoms with E-state index in [-0.39, 0.29) is 17.7 Å². The number of amides is 1. The molecule has 2 aromatic rings. The molecule has 1 N–H and O–H groups in total. The number of carbonyl (C=O) groups excluding carboxylic acids is 2. The molecule has 3 rings (SSSR count). The monoisotopic (exact) mass is 341 g/mol. The standard InChI is InChI=1S/C19H16FNO4/c1-2-25-19(24)15-16(13-10-6-7-11-14(13)20)21(18(23)17(15)22)12-8-4-3-5-9-12/h3-11,16,22H,2H2,1H3. The number of hydrogen-bond acceptors (Lipinski definition) is 4. The number of para-hydroxylation sites is 1. The molecule has 0 saturated heterocycles. The van der Waals surface area contributed by atoms with Crippen LogP contribution in [0.5, 0.6) is 0 Å². The van der Waals surface area contributed by atoms with E-state index in [1.54, 1.807) is 43.3 Å². The molecule has 2 aromatic carbocycles. The summed E-state index contributed by atoms with van der Waals surface area (Å²) in [5.41, 5.74) is 0.277.